The first-order chi connectivity index (χ1) is 10.1. The Morgan fingerprint density at radius 3 is 2.95 bits per heavy atom. The fourth-order valence-electron chi connectivity index (χ4n) is 2.24. The van der Waals surface area contributed by atoms with Crippen LogP contribution in [0, 0.1) is 6.92 Å². The number of hydrogen-bond acceptors (Lipinski definition) is 4. The van der Waals surface area contributed by atoms with Gasteiger partial charge in [0, 0.05) is 16.6 Å². The van der Waals surface area contributed by atoms with Crippen LogP contribution in [0.1, 0.15) is 20.9 Å². The highest BCUT2D eigenvalue weighted by atomic mass is 32.1. The summed E-state index contributed by atoms with van der Waals surface area (Å²) in [6.07, 6.45) is 0. The molecule has 0 spiro atoms. The first-order valence-electron chi connectivity index (χ1n) is 6.44. The van der Waals surface area contributed by atoms with Crippen LogP contribution < -0.4 is 4.74 Å². The van der Waals surface area contributed by atoms with Gasteiger partial charge in [0.25, 0.3) is 0 Å². The van der Waals surface area contributed by atoms with Crippen molar-refractivity contribution in [2.75, 3.05) is 0 Å². The topological polar surface area (TPSA) is 59.4 Å². The maximum Gasteiger partial charge on any atom is 0.349 e. The summed E-state index contributed by atoms with van der Waals surface area (Å²) >= 11 is 1.16. The van der Waals surface area contributed by atoms with E-state index >= 15 is 0 Å². The maximum atomic E-state index is 11.1. The summed E-state index contributed by atoms with van der Waals surface area (Å²) in [6.45, 7) is 2.25. The summed E-state index contributed by atoms with van der Waals surface area (Å²) < 4.78 is 5.69. The molecule has 4 nitrogen and oxygen atoms in total. The van der Waals surface area contributed by atoms with Crippen molar-refractivity contribution in [2.45, 2.75) is 13.5 Å². The quantitative estimate of drug-likeness (QED) is 0.794. The number of aromatic carboxylic acids is 1. The van der Waals surface area contributed by atoms with E-state index in [0.29, 0.717) is 12.4 Å². The third-order valence-corrected chi connectivity index (χ3v) is 4.02. The van der Waals surface area contributed by atoms with Gasteiger partial charge in [0.05, 0.1) is 5.52 Å². The molecule has 0 bridgehead atoms. The summed E-state index contributed by atoms with van der Waals surface area (Å²) in [5.74, 6) is -0.554. The fraction of sp³-hybridized carbons (Fsp3) is 0.125. The highest BCUT2D eigenvalue weighted by Gasteiger charge is 2.13. The highest BCUT2D eigenvalue weighted by molar-refractivity contribution is 7.12. The van der Waals surface area contributed by atoms with Gasteiger partial charge >= 0.3 is 5.97 Å². The lowest BCUT2D eigenvalue weighted by Crippen LogP contribution is -2.01. The number of carboxylic acids is 1. The predicted molar refractivity (Wildman–Crippen MR) is 82.1 cm³/mol. The zero-order valence-electron chi connectivity index (χ0n) is 11.4. The van der Waals surface area contributed by atoms with Crippen molar-refractivity contribution in [3.05, 3.63) is 57.9 Å². The number of aromatic nitrogens is 1. The van der Waals surface area contributed by atoms with Gasteiger partial charge in [-0.2, -0.15) is 0 Å². The molecule has 1 aromatic carbocycles. The van der Waals surface area contributed by atoms with E-state index in [4.69, 9.17) is 9.84 Å². The van der Waals surface area contributed by atoms with Crippen molar-refractivity contribution in [2.24, 2.45) is 0 Å². The summed E-state index contributed by atoms with van der Waals surface area (Å²) in [5.41, 5.74) is 2.83. The van der Waals surface area contributed by atoms with E-state index in [9.17, 15) is 4.79 Å². The molecule has 21 heavy (non-hydrogen) atoms. The van der Waals surface area contributed by atoms with Crippen molar-refractivity contribution >= 4 is 28.2 Å². The Kier molecular flexibility index (Phi) is 3.58. The van der Waals surface area contributed by atoms with Crippen LogP contribution in [0.4, 0.5) is 0 Å². The molecule has 1 N–H and O–H groups in total. The summed E-state index contributed by atoms with van der Waals surface area (Å²) in [5, 5.41) is 11.8. The normalized spacial score (nSPS) is 10.7. The van der Waals surface area contributed by atoms with Crippen LogP contribution in [0.2, 0.25) is 0 Å². The zero-order chi connectivity index (χ0) is 14.8. The number of carbonyl (C=O) groups is 1. The number of ether oxygens (including phenoxy) is 1. The molecule has 3 aromatic rings. The molecule has 2 heterocycles. The smallest absolute Gasteiger partial charge is 0.349 e. The Morgan fingerprint density at radius 2 is 2.14 bits per heavy atom. The summed E-state index contributed by atoms with van der Waals surface area (Å²) in [7, 11) is 0. The van der Waals surface area contributed by atoms with Crippen molar-refractivity contribution in [1.82, 2.24) is 4.98 Å². The number of pyridine rings is 1. The van der Waals surface area contributed by atoms with Gasteiger partial charge in [-0.25, -0.2) is 4.79 Å². The minimum Gasteiger partial charge on any atom is -0.487 e. The van der Waals surface area contributed by atoms with Gasteiger partial charge in [-0.3, -0.25) is 4.98 Å². The number of hydrogen-bond donors (Lipinski definition) is 1. The van der Waals surface area contributed by atoms with Crippen LogP contribution in [-0.4, -0.2) is 16.1 Å². The van der Waals surface area contributed by atoms with Gasteiger partial charge in [0.15, 0.2) is 4.88 Å². The number of nitrogens with zero attached hydrogens (tertiary/aromatic N) is 1. The van der Waals surface area contributed by atoms with E-state index < -0.39 is 5.97 Å². The van der Waals surface area contributed by atoms with Crippen LogP contribution in [0.25, 0.3) is 10.9 Å². The molecule has 0 atom stereocenters. The number of thiophene rings is 1. The molecule has 5 heteroatoms. The lowest BCUT2D eigenvalue weighted by atomic mass is 10.1. The first-order valence-corrected chi connectivity index (χ1v) is 7.32. The number of para-hydroxylation sites is 1. The van der Waals surface area contributed by atoms with E-state index in [1.807, 2.05) is 37.3 Å². The van der Waals surface area contributed by atoms with Crippen molar-refractivity contribution in [3.8, 4) is 5.75 Å². The molecular weight excluding hydrogens is 286 g/mol. The van der Waals surface area contributed by atoms with Gasteiger partial charge in [-0.15, -0.1) is 11.3 Å². The fourth-order valence-corrected chi connectivity index (χ4v) is 2.91. The molecule has 3 rings (SSSR count). The molecule has 0 saturated heterocycles. The minimum atomic E-state index is -0.962. The summed E-state index contributed by atoms with van der Waals surface area (Å²) in [4.78, 5) is 15.8. The van der Waals surface area contributed by atoms with Crippen molar-refractivity contribution in [3.63, 3.8) is 0 Å². The molecule has 0 aliphatic rings. The average Bonchev–Trinajstić information content (AvgIpc) is 2.93. The lowest BCUT2D eigenvalue weighted by Gasteiger charge is -2.09. The third-order valence-electron chi connectivity index (χ3n) is 3.14. The number of aryl methyl sites for hydroxylation is 1. The molecular formula is C16H13NO3S. The average molecular weight is 299 g/mol. The van der Waals surface area contributed by atoms with Crippen LogP contribution >= 0.6 is 11.3 Å². The number of benzene rings is 1. The maximum absolute atomic E-state index is 11.1. The Balaban J connectivity index is 1.92. The van der Waals surface area contributed by atoms with Crippen molar-refractivity contribution in [1.29, 1.82) is 0 Å². The Bertz CT molecular complexity index is 810. The van der Waals surface area contributed by atoms with E-state index in [1.165, 1.54) is 0 Å². The van der Waals surface area contributed by atoms with Crippen molar-refractivity contribution < 1.29 is 14.6 Å². The molecule has 0 aliphatic heterocycles. The van der Waals surface area contributed by atoms with Crippen LogP contribution in [0.5, 0.6) is 5.75 Å². The Morgan fingerprint density at radius 1 is 1.33 bits per heavy atom. The SMILES string of the molecule is Cc1cc(COc2ccsc2C(=O)O)c2ccccc2n1. The Hall–Kier alpha value is -2.40. The lowest BCUT2D eigenvalue weighted by molar-refractivity contribution is 0.0697. The van der Waals surface area contributed by atoms with Gasteiger partial charge in [0.2, 0.25) is 0 Å². The second-order valence-corrected chi connectivity index (χ2v) is 5.56. The number of fused-ring (bicyclic) bond motifs is 1. The highest BCUT2D eigenvalue weighted by Crippen LogP contribution is 2.27. The number of carboxylic acid groups (broad SMARTS) is 1. The summed E-state index contributed by atoms with van der Waals surface area (Å²) in [6, 6.07) is 11.5. The molecule has 0 saturated carbocycles. The van der Waals surface area contributed by atoms with Crippen LogP contribution in [0.15, 0.2) is 41.8 Å². The first kappa shape index (κ1) is 13.6. The van der Waals surface area contributed by atoms with Gasteiger partial charge in [-0.1, -0.05) is 18.2 Å². The molecule has 0 aliphatic carbocycles. The zero-order valence-corrected chi connectivity index (χ0v) is 12.2. The van der Waals surface area contributed by atoms with Gasteiger partial charge in [0.1, 0.15) is 12.4 Å². The van der Waals surface area contributed by atoms with Crippen LogP contribution in [-0.2, 0) is 6.61 Å². The van der Waals surface area contributed by atoms with Crippen LogP contribution in [0.3, 0.4) is 0 Å². The van der Waals surface area contributed by atoms with E-state index in [-0.39, 0.29) is 4.88 Å². The monoisotopic (exact) mass is 299 g/mol. The molecule has 0 radical (unpaired) electrons. The van der Waals surface area contributed by atoms with Gasteiger partial charge < -0.3 is 9.84 Å². The second kappa shape index (κ2) is 5.54. The third kappa shape index (κ3) is 2.73. The van der Waals surface area contributed by atoms with Gasteiger partial charge in [-0.05, 0) is 30.5 Å². The molecule has 2 aromatic heterocycles. The Labute approximate surface area is 125 Å². The van der Waals surface area contributed by atoms with E-state index in [1.54, 1.807) is 11.4 Å². The standard InChI is InChI=1S/C16H13NO3S/c1-10-8-11(12-4-2-3-5-13(12)17-10)9-20-14-6-7-21-15(14)16(18)19/h2-8H,9H2,1H3,(H,18,19). The van der Waals surface area contributed by atoms with E-state index in [2.05, 4.69) is 4.98 Å². The molecule has 0 amide bonds. The minimum absolute atomic E-state index is 0.227. The second-order valence-electron chi connectivity index (χ2n) is 4.65. The molecule has 106 valence electrons. The molecule has 0 unspecified atom stereocenters. The van der Waals surface area contributed by atoms with E-state index in [0.717, 1.165) is 33.5 Å². The number of rotatable bonds is 4. The predicted octanol–water partition coefficient (Wildman–Crippen LogP) is 3.88. The largest absolute Gasteiger partial charge is 0.487 e. The molecule has 0 fully saturated rings.